The van der Waals surface area contributed by atoms with E-state index in [4.69, 9.17) is 14.9 Å². The standard InChI is InChI=1S/C14H16N2O3/c1-10(13-3-2-8-18-13)16-14(17)9-19-12-6-4-11(15)5-7-12/h2-8,10H,9,15H2,1H3,(H,16,17). The van der Waals surface area contributed by atoms with Gasteiger partial charge in [0.25, 0.3) is 5.91 Å². The van der Waals surface area contributed by atoms with Gasteiger partial charge in [-0.2, -0.15) is 0 Å². The number of rotatable bonds is 5. The lowest BCUT2D eigenvalue weighted by Crippen LogP contribution is -2.31. The first kappa shape index (κ1) is 13.0. The summed E-state index contributed by atoms with van der Waals surface area (Å²) in [5, 5.41) is 2.78. The van der Waals surface area contributed by atoms with E-state index < -0.39 is 0 Å². The fourth-order valence-electron chi connectivity index (χ4n) is 1.60. The zero-order valence-electron chi connectivity index (χ0n) is 10.6. The Morgan fingerprint density at radius 2 is 2.11 bits per heavy atom. The highest BCUT2D eigenvalue weighted by Gasteiger charge is 2.11. The summed E-state index contributed by atoms with van der Waals surface area (Å²) in [6, 6.07) is 10.3. The van der Waals surface area contributed by atoms with E-state index >= 15 is 0 Å². The van der Waals surface area contributed by atoms with Gasteiger partial charge in [0, 0.05) is 5.69 Å². The van der Waals surface area contributed by atoms with Crippen molar-refractivity contribution in [3.05, 3.63) is 48.4 Å². The minimum atomic E-state index is -0.208. The number of carbonyl (C=O) groups excluding carboxylic acids is 1. The lowest BCUT2D eigenvalue weighted by molar-refractivity contribution is -0.123. The molecule has 1 unspecified atom stereocenters. The molecule has 0 bridgehead atoms. The number of nitrogens with two attached hydrogens (primary N) is 1. The molecule has 3 N–H and O–H groups in total. The van der Waals surface area contributed by atoms with E-state index in [0.29, 0.717) is 17.2 Å². The van der Waals surface area contributed by atoms with Crippen molar-refractivity contribution in [2.75, 3.05) is 12.3 Å². The number of ether oxygens (including phenoxy) is 1. The molecule has 19 heavy (non-hydrogen) atoms. The second-order valence-corrected chi connectivity index (χ2v) is 4.16. The summed E-state index contributed by atoms with van der Waals surface area (Å²) >= 11 is 0. The van der Waals surface area contributed by atoms with Crippen molar-refractivity contribution in [2.45, 2.75) is 13.0 Å². The van der Waals surface area contributed by atoms with Crippen LogP contribution < -0.4 is 15.8 Å². The first-order valence-electron chi connectivity index (χ1n) is 5.96. The molecule has 1 amide bonds. The molecular weight excluding hydrogens is 244 g/mol. The second kappa shape index (κ2) is 5.95. The van der Waals surface area contributed by atoms with Crippen molar-refractivity contribution in [3.8, 4) is 5.75 Å². The van der Waals surface area contributed by atoms with Crippen LogP contribution in [0.25, 0.3) is 0 Å². The molecule has 1 heterocycles. The number of amides is 1. The zero-order valence-corrected chi connectivity index (χ0v) is 10.6. The number of hydrogen-bond acceptors (Lipinski definition) is 4. The summed E-state index contributed by atoms with van der Waals surface area (Å²) in [5.74, 6) is 1.11. The fourth-order valence-corrected chi connectivity index (χ4v) is 1.60. The van der Waals surface area contributed by atoms with Crippen molar-refractivity contribution >= 4 is 11.6 Å². The maximum absolute atomic E-state index is 11.7. The smallest absolute Gasteiger partial charge is 0.258 e. The third-order valence-electron chi connectivity index (χ3n) is 2.60. The number of furan rings is 1. The highest BCUT2D eigenvalue weighted by Crippen LogP contribution is 2.14. The van der Waals surface area contributed by atoms with Crippen LogP contribution in [0.2, 0.25) is 0 Å². The molecule has 0 aliphatic rings. The summed E-state index contributed by atoms with van der Waals surface area (Å²) in [6.07, 6.45) is 1.57. The lowest BCUT2D eigenvalue weighted by atomic mass is 10.2. The fraction of sp³-hybridized carbons (Fsp3) is 0.214. The molecule has 1 atom stereocenters. The number of carbonyl (C=O) groups is 1. The van der Waals surface area contributed by atoms with E-state index in [0.717, 1.165) is 0 Å². The normalized spacial score (nSPS) is 11.8. The van der Waals surface area contributed by atoms with Gasteiger partial charge in [-0.15, -0.1) is 0 Å². The van der Waals surface area contributed by atoms with Gasteiger partial charge in [-0.1, -0.05) is 0 Å². The highest BCUT2D eigenvalue weighted by molar-refractivity contribution is 5.77. The van der Waals surface area contributed by atoms with Gasteiger partial charge in [0.2, 0.25) is 0 Å². The lowest BCUT2D eigenvalue weighted by Gasteiger charge is -2.12. The van der Waals surface area contributed by atoms with Crippen LogP contribution in [-0.2, 0) is 4.79 Å². The monoisotopic (exact) mass is 260 g/mol. The number of hydrogen-bond donors (Lipinski definition) is 2. The van der Waals surface area contributed by atoms with Gasteiger partial charge in [0.15, 0.2) is 6.61 Å². The van der Waals surface area contributed by atoms with Gasteiger partial charge < -0.3 is 20.2 Å². The van der Waals surface area contributed by atoms with Crippen molar-refractivity contribution in [1.29, 1.82) is 0 Å². The molecule has 0 spiro atoms. The van der Waals surface area contributed by atoms with Gasteiger partial charge in [-0.25, -0.2) is 0 Å². The first-order chi connectivity index (χ1) is 9.15. The topological polar surface area (TPSA) is 77.5 Å². The molecule has 0 saturated carbocycles. The molecule has 100 valence electrons. The van der Waals surface area contributed by atoms with Crippen molar-refractivity contribution in [3.63, 3.8) is 0 Å². The molecule has 0 saturated heterocycles. The molecule has 0 aliphatic heterocycles. The summed E-state index contributed by atoms with van der Waals surface area (Å²) in [7, 11) is 0. The maximum Gasteiger partial charge on any atom is 0.258 e. The van der Waals surface area contributed by atoms with E-state index in [-0.39, 0.29) is 18.6 Å². The average molecular weight is 260 g/mol. The SMILES string of the molecule is CC(NC(=O)COc1ccc(N)cc1)c1ccco1. The average Bonchev–Trinajstić information content (AvgIpc) is 2.92. The molecule has 5 heteroatoms. The predicted molar refractivity (Wildman–Crippen MR) is 71.6 cm³/mol. The van der Waals surface area contributed by atoms with E-state index in [1.807, 2.05) is 13.0 Å². The van der Waals surface area contributed by atoms with E-state index in [1.54, 1.807) is 36.6 Å². The number of anilines is 1. The molecule has 0 fully saturated rings. The molecule has 5 nitrogen and oxygen atoms in total. The van der Waals surface area contributed by atoms with Crippen LogP contribution in [0.1, 0.15) is 18.7 Å². The van der Waals surface area contributed by atoms with Gasteiger partial charge in [-0.3, -0.25) is 4.79 Å². The van der Waals surface area contributed by atoms with Crippen molar-refractivity contribution < 1.29 is 13.9 Å². The number of nitrogens with one attached hydrogen (secondary N) is 1. The first-order valence-corrected chi connectivity index (χ1v) is 5.96. The van der Waals surface area contributed by atoms with Crippen LogP contribution in [-0.4, -0.2) is 12.5 Å². The van der Waals surface area contributed by atoms with Gasteiger partial charge in [0.1, 0.15) is 11.5 Å². The van der Waals surface area contributed by atoms with E-state index in [1.165, 1.54) is 0 Å². The summed E-state index contributed by atoms with van der Waals surface area (Å²) < 4.78 is 10.5. The summed E-state index contributed by atoms with van der Waals surface area (Å²) in [4.78, 5) is 11.7. The molecule has 1 aromatic carbocycles. The van der Waals surface area contributed by atoms with Crippen LogP contribution in [0.4, 0.5) is 5.69 Å². The quantitative estimate of drug-likeness (QED) is 0.807. The Balaban J connectivity index is 1.80. The molecule has 0 aliphatic carbocycles. The Morgan fingerprint density at radius 1 is 1.37 bits per heavy atom. The van der Waals surface area contributed by atoms with E-state index in [2.05, 4.69) is 5.32 Å². The second-order valence-electron chi connectivity index (χ2n) is 4.16. The third-order valence-corrected chi connectivity index (χ3v) is 2.60. The van der Waals surface area contributed by atoms with Crippen molar-refractivity contribution in [1.82, 2.24) is 5.32 Å². The third kappa shape index (κ3) is 3.77. The van der Waals surface area contributed by atoms with Gasteiger partial charge in [-0.05, 0) is 43.3 Å². The predicted octanol–water partition coefficient (Wildman–Crippen LogP) is 2.12. The number of benzene rings is 1. The van der Waals surface area contributed by atoms with E-state index in [9.17, 15) is 4.79 Å². The van der Waals surface area contributed by atoms with Crippen LogP contribution >= 0.6 is 0 Å². The molecule has 2 aromatic rings. The van der Waals surface area contributed by atoms with Crippen LogP contribution in [0.15, 0.2) is 47.1 Å². The van der Waals surface area contributed by atoms with Crippen LogP contribution in [0.3, 0.4) is 0 Å². The molecular formula is C14H16N2O3. The Kier molecular flexibility index (Phi) is 4.07. The van der Waals surface area contributed by atoms with Gasteiger partial charge >= 0.3 is 0 Å². The van der Waals surface area contributed by atoms with Crippen molar-refractivity contribution in [2.24, 2.45) is 0 Å². The molecule has 0 radical (unpaired) electrons. The van der Waals surface area contributed by atoms with Gasteiger partial charge in [0.05, 0.1) is 12.3 Å². The summed E-state index contributed by atoms with van der Waals surface area (Å²) in [5.41, 5.74) is 6.21. The zero-order chi connectivity index (χ0) is 13.7. The summed E-state index contributed by atoms with van der Waals surface area (Å²) in [6.45, 7) is 1.80. The molecule has 2 rings (SSSR count). The Hall–Kier alpha value is -2.43. The minimum Gasteiger partial charge on any atom is -0.484 e. The minimum absolute atomic E-state index is 0.0467. The maximum atomic E-state index is 11.7. The van der Waals surface area contributed by atoms with Crippen LogP contribution in [0.5, 0.6) is 5.75 Å². The largest absolute Gasteiger partial charge is 0.484 e. The Bertz CT molecular complexity index is 520. The Labute approximate surface area is 111 Å². The molecule has 1 aromatic heterocycles. The number of nitrogen functional groups attached to an aromatic ring is 1. The van der Waals surface area contributed by atoms with Crippen LogP contribution in [0, 0.1) is 0 Å². The Morgan fingerprint density at radius 3 is 2.74 bits per heavy atom. The highest BCUT2D eigenvalue weighted by atomic mass is 16.5.